The van der Waals surface area contributed by atoms with Crippen molar-refractivity contribution in [1.29, 1.82) is 10.8 Å². The number of nitrogens with two attached hydrogens (primary N) is 4. The van der Waals surface area contributed by atoms with Gasteiger partial charge in [-0.25, -0.2) is 4.79 Å². The number of amides is 18. The molecule has 0 aromatic rings. The van der Waals surface area contributed by atoms with Gasteiger partial charge in [-0.15, -0.1) is 0 Å². The SMILES string of the molecule is CSCC[C@H](NC(=O)[C@H](C)NC(=O)[C@H](C)N)C(=O)N[C@@H](CC(C)C)C(=O)N1CCC[C@H]1C(=O)N[C@@H](CCCNC(=N)N)C(=O)N[C@H](C(=O)NCC(=O)N[C@@H](CC(=O)O)C(=O)NCC(=O)N1CCC[C@H]1C(=O)N[C@@H](CC(C)C)C(=O)N[C@@H](CCC(=O)O)C(=O)N[C@@H](C)C(=O)N[C@@H](C)C(=O)N[C@@H](CCCCN)C(=O)N[C@@H](CCC(=O)O)C(=O)NCC(=O)N[C@@H](CCCNC(=N)N)C(=O)O)[C@@H](C)O. The van der Waals surface area contributed by atoms with Crippen LogP contribution in [0.4, 0.5) is 0 Å². The van der Waals surface area contributed by atoms with Gasteiger partial charge in [0.2, 0.25) is 106 Å². The summed E-state index contributed by atoms with van der Waals surface area (Å²) in [6, 6.07) is -23.2. The van der Waals surface area contributed by atoms with E-state index in [1.165, 1.54) is 37.4 Å². The van der Waals surface area contributed by atoms with Gasteiger partial charge in [0.25, 0.3) is 0 Å². The Hall–Kier alpha value is -12.9. The quantitative estimate of drug-likeness (QED) is 0.0153. The third-order valence-electron chi connectivity index (χ3n) is 21.0. The Kier molecular flexibility index (Phi) is 53.5. The Morgan fingerprint density at radius 2 is 0.770 bits per heavy atom. The molecule has 2 rings (SSSR count). The van der Waals surface area contributed by atoms with E-state index in [4.69, 9.17) is 33.8 Å². The van der Waals surface area contributed by atoms with E-state index in [0.717, 1.165) is 18.7 Å². The minimum Gasteiger partial charge on any atom is -0.481 e. The van der Waals surface area contributed by atoms with Crippen molar-refractivity contribution in [2.24, 2.45) is 34.8 Å². The number of carbonyl (C=O) groups is 22. The summed E-state index contributed by atoms with van der Waals surface area (Å²) in [6.45, 7) is 10.6. The van der Waals surface area contributed by atoms with Crippen LogP contribution in [0.25, 0.3) is 0 Å². The number of hydrogen-bond acceptors (Lipinski definition) is 28. The molecule has 17 atom stereocenters. The van der Waals surface area contributed by atoms with Crippen molar-refractivity contribution in [2.45, 2.75) is 287 Å². The molecule has 2 fully saturated rings. The lowest BCUT2D eigenvalue weighted by Gasteiger charge is -2.31. The molecule has 2 aliphatic heterocycles. The van der Waals surface area contributed by atoms with Gasteiger partial charge in [0.1, 0.15) is 90.6 Å². The van der Waals surface area contributed by atoms with Crippen molar-refractivity contribution >= 4 is 154 Å². The highest BCUT2D eigenvalue weighted by atomic mass is 32.2. The van der Waals surface area contributed by atoms with Crippen LogP contribution in [-0.2, 0) is 105 Å². The minimum atomic E-state index is -1.95. The molecule has 0 radical (unpaired) electrons. The molecule has 18 amide bonds. The minimum absolute atomic E-state index is 0.00439. The Morgan fingerprint density at radius 1 is 0.393 bits per heavy atom. The molecular formula is C81H138N26O27S. The molecule has 2 saturated heterocycles. The highest BCUT2D eigenvalue weighted by molar-refractivity contribution is 7.98. The number of likely N-dealkylation sites (tertiary alicyclic amines) is 2. The molecular weight excluding hydrogens is 1800 g/mol. The number of nitrogens with zero attached hydrogens (tertiary/aromatic N) is 2. The molecule has 0 bridgehead atoms. The predicted octanol–water partition coefficient (Wildman–Crippen LogP) is -9.80. The second kappa shape index (κ2) is 61.1. The number of aliphatic hydroxyl groups is 1. The van der Waals surface area contributed by atoms with Gasteiger partial charge in [0, 0.05) is 39.0 Å². The van der Waals surface area contributed by atoms with Crippen molar-refractivity contribution in [1.82, 2.24) is 106 Å². The molecule has 33 N–H and O–H groups in total. The maximum absolute atomic E-state index is 14.5. The second-order valence-corrected chi connectivity index (χ2v) is 34.5. The first-order valence-corrected chi connectivity index (χ1v) is 45.7. The first-order chi connectivity index (χ1) is 63.3. The highest BCUT2D eigenvalue weighted by Crippen LogP contribution is 2.23. The fourth-order valence-electron chi connectivity index (χ4n) is 13.8. The summed E-state index contributed by atoms with van der Waals surface area (Å²) in [7, 11) is 0. The fraction of sp³-hybridized carbons (Fsp3) is 0.704. The third kappa shape index (κ3) is 45.1. The average Bonchev–Trinajstić information content (AvgIpc) is 1.70. The van der Waals surface area contributed by atoms with E-state index < -0.39 is 291 Å². The van der Waals surface area contributed by atoms with Crippen molar-refractivity contribution in [3.8, 4) is 0 Å². The van der Waals surface area contributed by atoms with Crippen LogP contribution in [0.2, 0.25) is 0 Å². The van der Waals surface area contributed by atoms with Gasteiger partial charge >= 0.3 is 23.9 Å². The van der Waals surface area contributed by atoms with E-state index in [2.05, 4.69) is 95.7 Å². The number of carbonyl (C=O) groups excluding carboxylic acids is 18. The lowest BCUT2D eigenvalue weighted by atomic mass is 10.0. The molecule has 0 aliphatic carbocycles. The van der Waals surface area contributed by atoms with Crippen molar-refractivity contribution < 1.29 is 131 Å². The number of unbranched alkanes of at least 4 members (excludes halogenated alkanes) is 1. The zero-order chi connectivity index (χ0) is 102. The van der Waals surface area contributed by atoms with Crippen LogP contribution < -0.4 is 119 Å². The summed E-state index contributed by atoms with van der Waals surface area (Å²) in [6.07, 6.45) is -2.69. The number of aliphatic hydroxyl groups excluding tert-OH is 1. The fourth-order valence-corrected chi connectivity index (χ4v) is 14.3. The largest absolute Gasteiger partial charge is 0.481 e. The Balaban J connectivity index is 2.24. The van der Waals surface area contributed by atoms with Crippen LogP contribution in [0.1, 0.15) is 184 Å². The number of hydrogen-bond donors (Lipinski definition) is 29. The highest BCUT2D eigenvalue weighted by Gasteiger charge is 2.43. The lowest BCUT2D eigenvalue weighted by Crippen LogP contribution is -2.60. The molecule has 135 heavy (non-hydrogen) atoms. The first-order valence-electron chi connectivity index (χ1n) is 44.4. The first kappa shape index (κ1) is 118. The number of rotatable bonds is 63. The summed E-state index contributed by atoms with van der Waals surface area (Å²) in [5.74, 6) is -24.2. The van der Waals surface area contributed by atoms with Gasteiger partial charge in [-0.3, -0.25) is 112 Å². The van der Waals surface area contributed by atoms with Gasteiger partial charge in [0.05, 0.1) is 38.2 Å². The molecule has 54 heteroatoms. The number of carboxylic acids is 4. The van der Waals surface area contributed by atoms with Gasteiger partial charge in [-0.05, 0) is 168 Å². The van der Waals surface area contributed by atoms with Crippen LogP contribution in [0.3, 0.4) is 0 Å². The smallest absolute Gasteiger partial charge is 0.326 e. The molecule has 0 aromatic carbocycles. The van der Waals surface area contributed by atoms with Crippen LogP contribution >= 0.6 is 11.8 Å². The van der Waals surface area contributed by atoms with Crippen LogP contribution in [0, 0.1) is 22.7 Å². The number of carboxylic acid groups (broad SMARTS) is 4. The van der Waals surface area contributed by atoms with Gasteiger partial charge in [-0.2, -0.15) is 11.8 Å². The average molecular weight is 1940 g/mol. The van der Waals surface area contributed by atoms with E-state index in [-0.39, 0.29) is 128 Å². The topological polar surface area (TPSA) is 851 Å². The van der Waals surface area contributed by atoms with Crippen LogP contribution in [0.15, 0.2) is 0 Å². The molecule has 53 nitrogen and oxygen atoms in total. The molecule has 760 valence electrons. The second-order valence-electron chi connectivity index (χ2n) is 33.6. The Morgan fingerprint density at radius 3 is 1.24 bits per heavy atom. The van der Waals surface area contributed by atoms with Crippen molar-refractivity contribution in [3.05, 3.63) is 0 Å². The van der Waals surface area contributed by atoms with E-state index >= 15 is 0 Å². The Labute approximate surface area is 784 Å². The van der Waals surface area contributed by atoms with E-state index in [9.17, 15) is 131 Å². The number of nitrogens with one attached hydrogen (secondary N) is 20. The summed E-state index contributed by atoms with van der Waals surface area (Å²) in [4.78, 5) is 297. The molecule has 2 aliphatic rings. The van der Waals surface area contributed by atoms with E-state index in [1.54, 1.807) is 34.0 Å². The molecule has 0 spiro atoms. The number of aliphatic carboxylic acids is 4. The summed E-state index contributed by atoms with van der Waals surface area (Å²) in [5, 5.41) is 107. The van der Waals surface area contributed by atoms with E-state index in [1.807, 2.05) is 0 Å². The Bertz CT molecular complexity index is 4150. The molecule has 0 aromatic heterocycles. The van der Waals surface area contributed by atoms with Crippen LogP contribution in [0.5, 0.6) is 0 Å². The summed E-state index contributed by atoms with van der Waals surface area (Å²) >= 11 is 1.38. The standard InChI is InChI=1S/C81H138N26O27S/c1-39(2)33-52(74(128)101-49(23-25-61(114)115)70(124)95-42(6)65(119)94-44(8)67(121)98-46(17-11-12-27-82)71(125)100-48(22-24-60(112)113)68(122)90-36-57(109)96-51(79(133)134)19-14-29-89-81(86)87)103-75(129)55-20-15-30-106(55)59(111)38-92-69(123)53(35-62(116)117)97-58(110)37-91-77(131)63(45(9)108)105-73(127)47(18-13-28-88-80(84)85)102-76(130)56-21-16-31-107(56)78(132)54(34-40(3)4)104-72(126)50(26-32-135-10)99-66(120)43(7)93-64(118)41(5)83/h39-56,63,108H,11-38,82-83H2,1-10H3,(H,90,122)(H,91,131)(H,92,123)(H,93,118)(H,94,119)(H,95,124)(H,96,109)(H,97,110)(H,98,121)(H,99,120)(H,100,125)(H,101,128)(H,102,130)(H,103,129)(H,104,126)(H,105,127)(H,112,113)(H,114,115)(H,116,117)(H,133,134)(H4,84,85,88)(H4,86,87,89)/t41-,42-,43-,44-,45+,46-,47-,48-,49-,50-,51-,52-,53-,54-,55-,56-,63-/m0/s1. The van der Waals surface area contributed by atoms with Gasteiger partial charge in [-0.1, -0.05) is 27.7 Å². The molecule has 0 unspecified atom stereocenters. The summed E-state index contributed by atoms with van der Waals surface area (Å²) < 4.78 is 0. The zero-order valence-corrected chi connectivity index (χ0v) is 78.4. The van der Waals surface area contributed by atoms with Gasteiger partial charge < -0.3 is 154 Å². The summed E-state index contributed by atoms with van der Waals surface area (Å²) in [5.41, 5.74) is 22.0. The molecule has 0 saturated carbocycles. The molecule has 2 heterocycles. The number of guanidine groups is 2. The lowest BCUT2D eigenvalue weighted by molar-refractivity contribution is -0.143. The zero-order valence-electron chi connectivity index (χ0n) is 77.6. The normalized spacial score (nSPS) is 16.6. The van der Waals surface area contributed by atoms with Crippen molar-refractivity contribution in [2.75, 3.05) is 64.4 Å². The third-order valence-corrected chi connectivity index (χ3v) is 21.7. The van der Waals surface area contributed by atoms with Crippen LogP contribution in [-0.4, -0.2) is 345 Å². The maximum atomic E-state index is 14.5. The predicted molar refractivity (Wildman–Crippen MR) is 483 cm³/mol. The maximum Gasteiger partial charge on any atom is 0.326 e. The van der Waals surface area contributed by atoms with Gasteiger partial charge in [0.15, 0.2) is 11.9 Å². The monoisotopic (exact) mass is 1940 g/mol. The van der Waals surface area contributed by atoms with Crippen molar-refractivity contribution in [3.63, 3.8) is 0 Å². The van der Waals surface area contributed by atoms with E-state index in [0.29, 0.717) is 18.6 Å². The number of thioether (sulfide) groups is 1.